The number of para-hydroxylation sites is 1. The second-order valence-electron chi connectivity index (χ2n) is 5.08. The molecular formula is C13H17N3O2S2. The number of hydrogen-bond donors (Lipinski definition) is 1. The highest BCUT2D eigenvalue weighted by atomic mass is 32.2. The molecule has 108 valence electrons. The number of hydrogen-bond acceptors (Lipinski definition) is 5. The maximum Gasteiger partial charge on any atom is 0.201 e. The Morgan fingerprint density at radius 1 is 1.35 bits per heavy atom. The third-order valence-corrected chi connectivity index (χ3v) is 5.84. The molecule has 1 aliphatic heterocycles. The number of rotatable bonds is 2. The van der Waals surface area contributed by atoms with Gasteiger partial charge in [-0.25, -0.2) is 13.4 Å². The van der Waals surface area contributed by atoms with E-state index in [0.29, 0.717) is 17.5 Å². The summed E-state index contributed by atoms with van der Waals surface area (Å²) in [5, 5.41) is 0. The van der Waals surface area contributed by atoms with E-state index >= 15 is 0 Å². The molecule has 1 aromatic carbocycles. The minimum absolute atomic E-state index is 0.255. The van der Waals surface area contributed by atoms with E-state index in [1.54, 1.807) is 12.1 Å². The largest absolute Gasteiger partial charge is 0.369 e. The molecule has 0 bridgehead atoms. The summed E-state index contributed by atoms with van der Waals surface area (Å²) in [5.41, 5.74) is 7.36. The summed E-state index contributed by atoms with van der Waals surface area (Å²) in [7, 11) is -3.30. The molecule has 3 rings (SSSR count). The van der Waals surface area contributed by atoms with Gasteiger partial charge in [-0.3, -0.25) is 0 Å². The molecule has 1 fully saturated rings. The van der Waals surface area contributed by atoms with Gasteiger partial charge in [0, 0.05) is 12.3 Å². The first-order valence-electron chi connectivity index (χ1n) is 6.52. The van der Waals surface area contributed by atoms with Crippen molar-refractivity contribution < 1.29 is 8.42 Å². The summed E-state index contributed by atoms with van der Waals surface area (Å²) < 4.78 is 25.7. The zero-order chi connectivity index (χ0) is 14.3. The van der Waals surface area contributed by atoms with Crippen LogP contribution in [0.25, 0.3) is 11.0 Å². The lowest BCUT2D eigenvalue weighted by Crippen LogP contribution is -2.17. The summed E-state index contributed by atoms with van der Waals surface area (Å²) in [6.45, 7) is 0. The molecule has 1 saturated heterocycles. The Kier molecular flexibility index (Phi) is 3.41. The number of thioether (sulfide) groups is 1. The van der Waals surface area contributed by atoms with Crippen molar-refractivity contribution in [3.8, 4) is 0 Å². The summed E-state index contributed by atoms with van der Waals surface area (Å²) in [6, 6.07) is 5.56. The molecule has 7 heteroatoms. The molecule has 20 heavy (non-hydrogen) atoms. The number of anilines is 1. The van der Waals surface area contributed by atoms with E-state index in [9.17, 15) is 8.42 Å². The number of aromatic nitrogens is 2. The van der Waals surface area contributed by atoms with Crippen molar-refractivity contribution in [1.29, 1.82) is 0 Å². The summed E-state index contributed by atoms with van der Waals surface area (Å²) in [5.74, 6) is 2.62. The molecule has 1 aromatic heterocycles. The maximum atomic E-state index is 11.9. The van der Waals surface area contributed by atoms with Crippen LogP contribution in [-0.4, -0.2) is 35.7 Å². The van der Waals surface area contributed by atoms with E-state index < -0.39 is 9.84 Å². The van der Waals surface area contributed by atoms with Gasteiger partial charge in [0.15, 0.2) is 9.84 Å². The first-order valence-corrected chi connectivity index (χ1v) is 9.57. The number of fused-ring (bicyclic) bond motifs is 1. The van der Waals surface area contributed by atoms with E-state index in [1.807, 2.05) is 22.4 Å². The highest BCUT2D eigenvalue weighted by Crippen LogP contribution is 2.34. The Balaban J connectivity index is 2.21. The van der Waals surface area contributed by atoms with Gasteiger partial charge in [-0.2, -0.15) is 11.8 Å². The predicted octanol–water partition coefficient (Wildman–Crippen LogP) is 2.09. The second-order valence-corrected chi connectivity index (χ2v) is 8.29. The first-order chi connectivity index (χ1) is 9.48. The quantitative estimate of drug-likeness (QED) is 0.919. The van der Waals surface area contributed by atoms with Gasteiger partial charge in [-0.15, -0.1) is 0 Å². The lowest BCUT2D eigenvalue weighted by molar-refractivity contribution is 0.486. The van der Waals surface area contributed by atoms with Crippen molar-refractivity contribution >= 4 is 38.6 Å². The van der Waals surface area contributed by atoms with Gasteiger partial charge in [0.25, 0.3) is 0 Å². The zero-order valence-corrected chi connectivity index (χ0v) is 12.9. The van der Waals surface area contributed by atoms with E-state index in [-0.39, 0.29) is 4.90 Å². The molecule has 0 saturated carbocycles. The van der Waals surface area contributed by atoms with Gasteiger partial charge in [-0.05, 0) is 36.5 Å². The Hall–Kier alpha value is -1.21. The molecule has 0 spiro atoms. The lowest BCUT2D eigenvalue weighted by Gasteiger charge is -2.24. The van der Waals surface area contributed by atoms with Gasteiger partial charge in [0.2, 0.25) is 5.95 Å². The third kappa shape index (κ3) is 2.29. The Morgan fingerprint density at radius 2 is 2.05 bits per heavy atom. The van der Waals surface area contributed by atoms with Crippen LogP contribution in [0.4, 0.5) is 5.95 Å². The van der Waals surface area contributed by atoms with Crippen LogP contribution in [0.1, 0.15) is 18.9 Å². The fraction of sp³-hybridized carbons (Fsp3) is 0.462. The average Bonchev–Trinajstić information content (AvgIpc) is 2.74. The molecule has 2 heterocycles. The molecule has 0 aliphatic carbocycles. The van der Waals surface area contributed by atoms with Crippen LogP contribution in [0.2, 0.25) is 0 Å². The molecular weight excluding hydrogens is 294 g/mol. The lowest BCUT2D eigenvalue weighted by atomic mass is 10.1. The summed E-state index contributed by atoms with van der Waals surface area (Å²) in [4.78, 5) is 4.56. The van der Waals surface area contributed by atoms with Crippen LogP contribution >= 0.6 is 11.8 Å². The van der Waals surface area contributed by atoms with Gasteiger partial charge in [0.1, 0.15) is 5.52 Å². The Bertz CT molecular complexity index is 746. The molecule has 2 N–H and O–H groups in total. The first kappa shape index (κ1) is 13.8. The molecule has 0 amide bonds. The highest BCUT2D eigenvalue weighted by Gasteiger charge is 2.23. The minimum Gasteiger partial charge on any atom is -0.369 e. The van der Waals surface area contributed by atoms with Crippen LogP contribution in [0, 0.1) is 0 Å². The smallest absolute Gasteiger partial charge is 0.201 e. The van der Waals surface area contributed by atoms with Crippen molar-refractivity contribution in [2.24, 2.45) is 0 Å². The van der Waals surface area contributed by atoms with Gasteiger partial charge >= 0.3 is 0 Å². The fourth-order valence-corrected chi connectivity index (χ4v) is 4.64. The second kappa shape index (κ2) is 4.96. The minimum atomic E-state index is -3.30. The topological polar surface area (TPSA) is 78.0 Å². The van der Waals surface area contributed by atoms with Crippen LogP contribution in [0.15, 0.2) is 23.1 Å². The Morgan fingerprint density at radius 3 is 2.70 bits per heavy atom. The van der Waals surface area contributed by atoms with Crippen LogP contribution in [0.5, 0.6) is 0 Å². The number of nitrogen functional groups attached to an aromatic ring is 1. The summed E-state index contributed by atoms with van der Waals surface area (Å²) >= 11 is 1.94. The normalized spacial score (nSPS) is 17.6. The Labute approximate surface area is 122 Å². The van der Waals surface area contributed by atoms with Crippen molar-refractivity contribution in [2.75, 3.05) is 23.5 Å². The molecule has 0 radical (unpaired) electrons. The predicted molar refractivity (Wildman–Crippen MR) is 82.9 cm³/mol. The zero-order valence-electron chi connectivity index (χ0n) is 11.2. The van der Waals surface area contributed by atoms with Gasteiger partial charge < -0.3 is 10.3 Å². The van der Waals surface area contributed by atoms with Crippen molar-refractivity contribution in [3.05, 3.63) is 18.2 Å². The fourth-order valence-electron chi connectivity index (χ4n) is 2.74. The van der Waals surface area contributed by atoms with Crippen molar-refractivity contribution in [1.82, 2.24) is 9.55 Å². The number of nitrogens with zero attached hydrogens (tertiary/aromatic N) is 2. The standard InChI is InChI=1S/C13H17N3O2S2/c1-20(17,18)11-4-2-3-10-12(11)15-13(14)16(10)9-5-7-19-8-6-9/h2-4,9H,5-8H2,1H3,(H2,14,15). The van der Waals surface area contributed by atoms with E-state index in [2.05, 4.69) is 4.98 Å². The van der Waals surface area contributed by atoms with Gasteiger partial charge in [0.05, 0.1) is 10.4 Å². The van der Waals surface area contributed by atoms with Crippen LogP contribution in [0.3, 0.4) is 0 Å². The van der Waals surface area contributed by atoms with Gasteiger partial charge in [-0.1, -0.05) is 6.07 Å². The van der Waals surface area contributed by atoms with E-state index in [1.165, 1.54) is 6.26 Å². The number of sulfone groups is 1. The molecule has 1 aliphatic rings. The summed E-state index contributed by atoms with van der Waals surface area (Å²) in [6.07, 6.45) is 3.29. The third-order valence-electron chi connectivity index (χ3n) is 3.67. The highest BCUT2D eigenvalue weighted by molar-refractivity contribution is 7.99. The van der Waals surface area contributed by atoms with Crippen LogP contribution in [-0.2, 0) is 9.84 Å². The molecule has 0 atom stereocenters. The molecule has 2 aromatic rings. The average molecular weight is 311 g/mol. The van der Waals surface area contributed by atoms with Crippen LogP contribution < -0.4 is 5.73 Å². The maximum absolute atomic E-state index is 11.9. The van der Waals surface area contributed by atoms with E-state index in [0.717, 1.165) is 29.9 Å². The number of benzene rings is 1. The molecule has 5 nitrogen and oxygen atoms in total. The van der Waals surface area contributed by atoms with Crippen molar-refractivity contribution in [3.63, 3.8) is 0 Å². The van der Waals surface area contributed by atoms with Crippen molar-refractivity contribution in [2.45, 2.75) is 23.8 Å². The SMILES string of the molecule is CS(=O)(=O)c1cccc2c1nc(N)n2C1CCSCC1. The molecule has 0 unspecified atom stereocenters. The number of nitrogens with two attached hydrogens (primary N) is 1. The van der Waals surface area contributed by atoms with E-state index in [4.69, 9.17) is 5.73 Å². The monoisotopic (exact) mass is 311 g/mol. The number of imidazole rings is 1.